The van der Waals surface area contributed by atoms with Crippen LogP contribution < -0.4 is 5.73 Å². The zero-order chi connectivity index (χ0) is 17.9. The lowest BCUT2D eigenvalue weighted by molar-refractivity contribution is 0.688. The summed E-state index contributed by atoms with van der Waals surface area (Å²) in [7, 11) is 0. The Bertz CT molecular complexity index is 1040. The van der Waals surface area contributed by atoms with Crippen LogP contribution >= 0.6 is 11.8 Å². The second-order valence-electron chi connectivity index (χ2n) is 5.93. The summed E-state index contributed by atoms with van der Waals surface area (Å²) in [6.07, 6.45) is 0. The molecule has 6 nitrogen and oxygen atoms in total. The van der Waals surface area contributed by atoms with Gasteiger partial charge >= 0.3 is 0 Å². The van der Waals surface area contributed by atoms with E-state index >= 15 is 0 Å². The molecule has 0 saturated heterocycles. The number of nitrogen functional groups attached to an aromatic ring is 1. The minimum atomic E-state index is 0.508. The molecule has 0 aliphatic rings. The predicted molar refractivity (Wildman–Crippen MR) is 104 cm³/mol. The van der Waals surface area contributed by atoms with Crippen LogP contribution in [0.15, 0.2) is 59.8 Å². The van der Waals surface area contributed by atoms with Crippen molar-refractivity contribution in [2.45, 2.75) is 24.4 Å². The number of aryl methyl sites for hydroxylation is 1. The van der Waals surface area contributed by atoms with Gasteiger partial charge in [-0.15, -0.1) is 10.2 Å². The summed E-state index contributed by atoms with van der Waals surface area (Å²) < 4.78 is 2.10. The van der Waals surface area contributed by atoms with Crippen LogP contribution in [-0.2, 0) is 12.3 Å². The highest BCUT2D eigenvalue weighted by molar-refractivity contribution is 7.98. The monoisotopic (exact) mass is 362 g/mol. The van der Waals surface area contributed by atoms with Crippen LogP contribution in [-0.4, -0.2) is 24.7 Å². The van der Waals surface area contributed by atoms with E-state index in [0.29, 0.717) is 17.4 Å². The number of rotatable bonds is 5. The van der Waals surface area contributed by atoms with Gasteiger partial charge in [0.05, 0.1) is 17.8 Å². The number of nitrogens with two attached hydrogens (primary N) is 1. The lowest BCUT2D eigenvalue weighted by Gasteiger charge is -2.09. The summed E-state index contributed by atoms with van der Waals surface area (Å²) in [5.74, 6) is 2.67. The smallest absolute Gasteiger partial charge is 0.191 e. The molecule has 4 aromatic rings. The standard InChI is InChI=1S/C19H18N6S/c1-13-23-24-19(25(13)11-14-7-3-2-4-8-14)26-12-17-21-16-10-6-5-9-15(16)18(20)22-17/h2-10H,11-12H2,1H3,(H2,20,21,22). The average Bonchev–Trinajstić information content (AvgIpc) is 3.01. The average molecular weight is 362 g/mol. The van der Waals surface area contributed by atoms with Crippen LogP contribution in [0.4, 0.5) is 5.82 Å². The number of hydrogen-bond acceptors (Lipinski definition) is 6. The zero-order valence-electron chi connectivity index (χ0n) is 14.3. The van der Waals surface area contributed by atoms with Crippen molar-refractivity contribution in [2.75, 3.05) is 5.73 Å². The molecule has 2 heterocycles. The van der Waals surface area contributed by atoms with Gasteiger partial charge in [-0.3, -0.25) is 0 Å². The summed E-state index contributed by atoms with van der Waals surface area (Å²) in [4.78, 5) is 9.03. The maximum absolute atomic E-state index is 6.07. The highest BCUT2D eigenvalue weighted by atomic mass is 32.2. The van der Waals surface area contributed by atoms with Crippen molar-refractivity contribution in [3.8, 4) is 0 Å². The van der Waals surface area contributed by atoms with Gasteiger partial charge in [0, 0.05) is 5.39 Å². The minimum absolute atomic E-state index is 0.508. The first kappa shape index (κ1) is 16.5. The Morgan fingerprint density at radius 1 is 0.962 bits per heavy atom. The first-order valence-electron chi connectivity index (χ1n) is 8.28. The molecule has 0 bridgehead atoms. The highest BCUT2D eigenvalue weighted by Crippen LogP contribution is 2.24. The van der Waals surface area contributed by atoms with E-state index in [1.54, 1.807) is 11.8 Å². The Hall–Kier alpha value is -2.93. The minimum Gasteiger partial charge on any atom is -0.383 e. The van der Waals surface area contributed by atoms with Crippen molar-refractivity contribution < 1.29 is 0 Å². The number of fused-ring (bicyclic) bond motifs is 1. The Morgan fingerprint density at radius 3 is 2.58 bits per heavy atom. The molecular formula is C19H18N6S. The number of anilines is 1. The van der Waals surface area contributed by atoms with Crippen LogP contribution in [0.25, 0.3) is 10.9 Å². The van der Waals surface area contributed by atoms with E-state index in [4.69, 9.17) is 5.73 Å². The first-order valence-corrected chi connectivity index (χ1v) is 9.27. The maximum Gasteiger partial charge on any atom is 0.191 e. The van der Waals surface area contributed by atoms with Gasteiger partial charge in [-0.2, -0.15) is 0 Å². The lowest BCUT2D eigenvalue weighted by atomic mass is 10.2. The molecule has 0 unspecified atom stereocenters. The van der Waals surface area contributed by atoms with Crippen molar-refractivity contribution in [3.05, 3.63) is 71.8 Å². The molecule has 0 amide bonds. The maximum atomic E-state index is 6.07. The molecule has 2 N–H and O–H groups in total. The van der Waals surface area contributed by atoms with Crippen LogP contribution in [0, 0.1) is 6.92 Å². The van der Waals surface area contributed by atoms with E-state index in [1.807, 2.05) is 49.4 Å². The normalized spacial score (nSPS) is 11.1. The van der Waals surface area contributed by atoms with Crippen molar-refractivity contribution in [2.24, 2.45) is 0 Å². The molecule has 7 heteroatoms. The van der Waals surface area contributed by atoms with Gasteiger partial charge in [0.15, 0.2) is 5.16 Å². The quantitative estimate of drug-likeness (QED) is 0.548. The predicted octanol–water partition coefficient (Wildman–Crippen LogP) is 3.45. The van der Waals surface area contributed by atoms with Crippen molar-refractivity contribution in [3.63, 3.8) is 0 Å². The van der Waals surface area contributed by atoms with E-state index in [0.717, 1.165) is 28.4 Å². The number of para-hydroxylation sites is 1. The van der Waals surface area contributed by atoms with E-state index in [2.05, 4.69) is 36.9 Å². The van der Waals surface area contributed by atoms with Gasteiger partial charge in [0.1, 0.15) is 17.5 Å². The second kappa shape index (κ2) is 7.13. The van der Waals surface area contributed by atoms with Crippen LogP contribution in [0.1, 0.15) is 17.2 Å². The molecular weight excluding hydrogens is 344 g/mol. The fourth-order valence-corrected chi connectivity index (χ4v) is 3.60. The molecule has 0 spiro atoms. The SMILES string of the molecule is Cc1nnc(SCc2nc(N)c3ccccc3n2)n1Cc1ccccc1. The van der Waals surface area contributed by atoms with E-state index in [9.17, 15) is 0 Å². The molecule has 0 aliphatic heterocycles. The van der Waals surface area contributed by atoms with Gasteiger partial charge in [-0.25, -0.2) is 9.97 Å². The Morgan fingerprint density at radius 2 is 1.73 bits per heavy atom. The topological polar surface area (TPSA) is 82.5 Å². The fourth-order valence-electron chi connectivity index (χ4n) is 2.76. The molecule has 26 heavy (non-hydrogen) atoms. The summed E-state index contributed by atoms with van der Waals surface area (Å²) >= 11 is 1.57. The van der Waals surface area contributed by atoms with Crippen molar-refractivity contribution in [1.29, 1.82) is 0 Å². The van der Waals surface area contributed by atoms with Crippen LogP contribution in [0.2, 0.25) is 0 Å². The number of aromatic nitrogens is 5. The third-order valence-corrected chi connectivity index (χ3v) is 5.06. The molecule has 0 aliphatic carbocycles. The molecule has 4 rings (SSSR count). The molecule has 2 aromatic heterocycles. The van der Waals surface area contributed by atoms with Gasteiger partial charge in [-0.05, 0) is 24.6 Å². The third kappa shape index (κ3) is 3.39. The van der Waals surface area contributed by atoms with Crippen LogP contribution in [0.3, 0.4) is 0 Å². The zero-order valence-corrected chi connectivity index (χ0v) is 15.1. The Balaban J connectivity index is 1.55. The van der Waals surface area contributed by atoms with E-state index in [-0.39, 0.29) is 0 Å². The number of nitrogens with zero attached hydrogens (tertiary/aromatic N) is 5. The highest BCUT2D eigenvalue weighted by Gasteiger charge is 2.12. The summed E-state index contributed by atoms with van der Waals surface area (Å²) in [6, 6.07) is 18.0. The van der Waals surface area contributed by atoms with Gasteiger partial charge in [0.2, 0.25) is 0 Å². The van der Waals surface area contributed by atoms with Gasteiger partial charge in [0.25, 0.3) is 0 Å². The summed E-state index contributed by atoms with van der Waals surface area (Å²) in [5, 5.41) is 10.2. The molecule has 0 atom stereocenters. The first-order chi connectivity index (χ1) is 12.7. The molecule has 0 radical (unpaired) electrons. The molecule has 0 saturated carbocycles. The Kier molecular flexibility index (Phi) is 4.53. The second-order valence-corrected chi connectivity index (χ2v) is 6.87. The van der Waals surface area contributed by atoms with Crippen molar-refractivity contribution in [1.82, 2.24) is 24.7 Å². The fraction of sp³-hybridized carbons (Fsp3) is 0.158. The number of hydrogen-bond donors (Lipinski definition) is 1. The third-order valence-electron chi connectivity index (χ3n) is 4.09. The van der Waals surface area contributed by atoms with Gasteiger partial charge in [-0.1, -0.05) is 54.2 Å². The summed E-state index contributed by atoms with van der Waals surface area (Å²) in [5.41, 5.74) is 8.14. The molecule has 0 fully saturated rings. The number of benzene rings is 2. The lowest BCUT2D eigenvalue weighted by Crippen LogP contribution is -2.05. The van der Waals surface area contributed by atoms with E-state index < -0.39 is 0 Å². The summed E-state index contributed by atoms with van der Waals surface area (Å²) in [6.45, 7) is 2.70. The number of thioether (sulfide) groups is 1. The molecule has 130 valence electrons. The van der Waals surface area contributed by atoms with E-state index in [1.165, 1.54) is 5.56 Å². The molecule has 2 aromatic carbocycles. The Labute approximate surface area is 155 Å². The van der Waals surface area contributed by atoms with Gasteiger partial charge < -0.3 is 10.3 Å². The van der Waals surface area contributed by atoms with Crippen LogP contribution in [0.5, 0.6) is 0 Å². The van der Waals surface area contributed by atoms with Crippen molar-refractivity contribution >= 4 is 28.5 Å². The largest absolute Gasteiger partial charge is 0.383 e.